The lowest BCUT2D eigenvalue weighted by Gasteiger charge is -2.37. The van der Waals surface area contributed by atoms with Crippen molar-refractivity contribution in [2.45, 2.75) is 11.8 Å². The number of hydrogen-bond donors (Lipinski definition) is 0. The second-order valence-corrected chi connectivity index (χ2v) is 9.54. The number of carbonyl (C=O) groups is 1. The van der Waals surface area contributed by atoms with Crippen molar-refractivity contribution >= 4 is 57.5 Å². The van der Waals surface area contributed by atoms with Crippen molar-refractivity contribution in [3.05, 3.63) is 68.4 Å². The van der Waals surface area contributed by atoms with Crippen molar-refractivity contribution in [2.75, 3.05) is 36.8 Å². The lowest BCUT2D eigenvalue weighted by Crippen LogP contribution is -2.49. The van der Waals surface area contributed by atoms with Gasteiger partial charge in [0.15, 0.2) is 0 Å². The number of carbonyl (C=O) groups excluding carboxylic acids is 1. The number of aromatic nitrogens is 1. The fourth-order valence-corrected chi connectivity index (χ4v) is 5.17. The van der Waals surface area contributed by atoms with Crippen LogP contribution in [-0.2, 0) is 11.8 Å². The molecule has 0 unspecified atom stereocenters. The van der Waals surface area contributed by atoms with E-state index < -0.39 is 0 Å². The molecule has 1 aliphatic rings. The van der Waals surface area contributed by atoms with Crippen molar-refractivity contribution in [1.82, 2.24) is 9.47 Å². The number of piperazine rings is 1. The van der Waals surface area contributed by atoms with Gasteiger partial charge < -0.3 is 14.4 Å². The normalized spacial score (nSPS) is 14.3. The minimum absolute atomic E-state index is 0.0789. The molecule has 1 aliphatic heterocycles. The number of amides is 1. The average molecular weight is 476 g/mol. The van der Waals surface area contributed by atoms with Crippen molar-refractivity contribution in [2.24, 2.45) is 7.05 Å². The molecule has 0 N–H and O–H groups in total. The summed E-state index contributed by atoms with van der Waals surface area (Å²) in [5.74, 6) is 0.372. The first-order chi connectivity index (χ1) is 14.8. The number of hydrogen-bond acceptors (Lipinski definition) is 4. The highest BCUT2D eigenvalue weighted by molar-refractivity contribution is 8.00. The summed E-state index contributed by atoms with van der Waals surface area (Å²) in [5, 5.41) is 2.22. The molecule has 4 rings (SSSR count). The van der Waals surface area contributed by atoms with Crippen molar-refractivity contribution in [1.29, 1.82) is 0 Å². The molecule has 8 heteroatoms. The Morgan fingerprint density at radius 1 is 1.00 bits per heavy atom. The standard InChI is InChI=1S/C23H23Cl2N3O2S/c1-15-3-4-16(24)11-19(15)27-7-9-28(10-8-27)23(30)14-31-21-13-22(29)26(2)20-12-17(25)5-6-18(20)21/h3-6,11-13H,7-10,14H2,1-2H3. The van der Waals surface area contributed by atoms with Crippen LogP contribution in [0.3, 0.4) is 0 Å². The van der Waals surface area contributed by atoms with E-state index >= 15 is 0 Å². The van der Waals surface area contributed by atoms with E-state index in [9.17, 15) is 9.59 Å². The first-order valence-corrected chi connectivity index (χ1v) is 11.8. The first-order valence-electron chi connectivity index (χ1n) is 10.0. The van der Waals surface area contributed by atoms with Crippen LogP contribution in [0.25, 0.3) is 10.9 Å². The molecule has 0 radical (unpaired) electrons. The van der Waals surface area contributed by atoms with Gasteiger partial charge in [-0.15, -0.1) is 11.8 Å². The van der Waals surface area contributed by atoms with Gasteiger partial charge in [0.05, 0.1) is 11.3 Å². The van der Waals surface area contributed by atoms with Gasteiger partial charge in [-0.2, -0.15) is 0 Å². The Morgan fingerprint density at radius 3 is 2.42 bits per heavy atom. The number of nitrogens with zero attached hydrogens (tertiary/aromatic N) is 3. The maximum absolute atomic E-state index is 12.8. The maximum Gasteiger partial charge on any atom is 0.251 e. The number of aryl methyl sites for hydroxylation is 2. The van der Waals surface area contributed by atoms with E-state index in [1.54, 1.807) is 29.8 Å². The van der Waals surface area contributed by atoms with Gasteiger partial charge in [-0.05, 0) is 36.8 Å². The van der Waals surface area contributed by atoms with Crippen LogP contribution < -0.4 is 10.5 Å². The van der Waals surface area contributed by atoms with Crippen LogP contribution in [0.2, 0.25) is 10.0 Å². The lowest BCUT2D eigenvalue weighted by molar-refractivity contribution is -0.128. The summed E-state index contributed by atoms with van der Waals surface area (Å²) in [6.45, 7) is 4.94. The quantitative estimate of drug-likeness (QED) is 0.517. The molecule has 0 bridgehead atoms. The van der Waals surface area contributed by atoms with Gasteiger partial charge in [0.2, 0.25) is 5.91 Å². The summed E-state index contributed by atoms with van der Waals surface area (Å²) in [5.41, 5.74) is 2.95. The molecule has 1 amide bonds. The van der Waals surface area contributed by atoms with E-state index in [4.69, 9.17) is 23.2 Å². The van der Waals surface area contributed by atoms with Crippen molar-refractivity contribution in [3.8, 4) is 0 Å². The van der Waals surface area contributed by atoms with E-state index in [0.717, 1.165) is 39.6 Å². The third kappa shape index (κ3) is 4.71. The fraction of sp³-hybridized carbons (Fsp3) is 0.304. The molecule has 2 heterocycles. The Kier molecular flexibility index (Phi) is 6.51. The SMILES string of the molecule is Cc1ccc(Cl)cc1N1CCN(C(=O)CSc2cc(=O)n(C)c3cc(Cl)ccc23)CC1. The largest absolute Gasteiger partial charge is 0.368 e. The zero-order chi connectivity index (χ0) is 22.1. The molecule has 2 aromatic carbocycles. The highest BCUT2D eigenvalue weighted by Crippen LogP contribution is 2.29. The van der Waals surface area contributed by atoms with Crippen molar-refractivity contribution in [3.63, 3.8) is 0 Å². The monoisotopic (exact) mass is 475 g/mol. The molecule has 5 nitrogen and oxygen atoms in total. The zero-order valence-electron chi connectivity index (χ0n) is 17.4. The molecule has 0 saturated carbocycles. The number of fused-ring (bicyclic) bond motifs is 1. The molecular weight excluding hydrogens is 453 g/mol. The zero-order valence-corrected chi connectivity index (χ0v) is 19.7. The summed E-state index contributed by atoms with van der Waals surface area (Å²) in [6, 6.07) is 13.0. The van der Waals surface area contributed by atoms with E-state index in [-0.39, 0.29) is 11.5 Å². The van der Waals surface area contributed by atoms with Gasteiger partial charge in [0.25, 0.3) is 5.56 Å². The molecule has 1 fully saturated rings. The van der Waals surface area contributed by atoms with Crippen LogP contribution in [0, 0.1) is 6.92 Å². The molecular formula is C23H23Cl2N3O2S. The molecule has 0 atom stereocenters. The maximum atomic E-state index is 12.8. The van der Waals surface area contributed by atoms with Crippen LogP contribution in [0.15, 0.2) is 52.2 Å². The van der Waals surface area contributed by atoms with Crippen LogP contribution >= 0.6 is 35.0 Å². The van der Waals surface area contributed by atoms with E-state index in [1.807, 2.05) is 29.2 Å². The number of thioether (sulfide) groups is 1. The van der Waals surface area contributed by atoms with Gasteiger partial charge >= 0.3 is 0 Å². The second kappa shape index (κ2) is 9.15. The van der Waals surface area contributed by atoms with Gasteiger partial charge in [-0.25, -0.2) is 0 Å². The molecule has 0 aliphatic carbocycles. The van der Waals surface area contributed by atoms with Crippen LogP contribution in [0.1, 0.15) is 5.56 Å². The van der Waals surface area contributed by atoms with Crippen LogP contribution in [-0.4, -0.2) is 47.3 Å². The van der Waals surface area contributed by atoms with E-state index in [0.29, 0.717) is 23.9 Å². The smallest absolute Gasteiger partial charge is 0.251 e. The predicted octanol–water partition coefficient (Wildman–Crippen LogP) is 4.59. The average Bonchev–Trinajstić information content (AvgIpc) is 2.77. The molecule has 1 saturated heterocycles. The summed E-state index contributed by atoms with van der Waals surface area (Å²) < 4.78 is 1.57. The fourth-order valence-electron chi connectivity index (χ4n) is 3.87. The number of halogens is 2. The Labute approximate surface area is 195 Å². The second-order valence-electron chi connectivity index (χ2n) is 7.65. The summed E-state index contributed by atoms with van der Waals surface area (Å²) >= 11 is 13.7. The van der Waals surface area contributed by atoms with Crippen molar-refractivity contribution < 1.29 is 4.79 Å². The van der Waals surface area contributed by atoms with Gasteiger partial charge in [0, 0.05) is 65.3 Å². The topological polar surface area (TPSA) is 45.6 Å². The molecule has 3 aromatic rings. The Bertz CT molecular complexity index is 1200. The summed E-state index contributed by atoms with van der Waals surface area (Å²) in [7, 11) is 1.72. The number of rotatable bonds is 4. The van der Waals surface area contributed by atoms with Gasteiger partial charge in [-0.1, -0.05) is 35.3 Å². The third-order valence-corrected chi connectivity index (χ3v) is 7.18. The molecule has 0 spiro atoms. The molecule has 31 heavy (non-hydrogen) atoms. The van der Waals surface area contributed by atoms with E-state index in [1.165, 1.54) is 17.3 Å². The number of benzene rings is 2. The minimum Gasteiger partial charge on any atom is -0.368 e. The predicted molar refractivity (Wildman–Crippen MR) is 130 cm³/mol. The Balaban J connectivity index is 1.42. The molecule has 162 valence electrons. The Morgan fingerprint density at radius 2 is 1.68 bits per heavy atom. The Hall–Kier alpha value is -2.15. The first kappa shape index (κ1) is 22.1. The number of anilines is 1. The van der Waals surface area contributed by atoms with Gasteiger partial charge in [-0.3, -0.25) is 9.59 Å². The highest BCUT2D eigenvalue weighted by atomic mass is 35.5. The van der Waals surface area contributed by atoms with Crippen LogP contribution in [0.4, 0.5) is 5.69 Å². The minimum atomic E-state index is -0.116. The highest BCUT2D eigenvalue weighted by Gasteiger charge is 2.22. The van der Waals surface area contributed by atoms with E-state index in [2.05, 4.69) is 11.8 Å². The number of pyridine rings is 1. The molecule has 1 aromatic heterocycles. The van der Waals surface area contributed by atoms with Crippen LogP contribution in [0.5, 0.6) is 0 Å². The third-order valence-electron chi connectivity index (χ3n) is 5.67. The van der Waals surface area contributed by atoms with Gasteiger partial charge in [0.1, 0.15) is 0 Å². The summed E-state index contributed by atoms with van der Waals surface area (Å²) in [6.07, 6.45) is 0. The summed E-state index contributed by atoms with van der Waals surface area (Å²) in [4.78, 5) is 30.1. The lowest BCUT2D eigenvalue weighted by atomic mass is 10.1.